The first-order valence-electron chi connectivity index (χ1n) is 4.60. The zero-order chi connectivity index (χ0) is 8.81. The second kappa shape index (κ2) is 7.56. The molecule has 1 rings (SSSR count). The van der Waals surface area contributed by atoms with Crippen LogP contribution in [-0.4, -0.2) is 39.5 Å². The number of hydrogen-bond acceptors (Lipinski definition) is 3. The minimum atomic E-state index is 0. The first kappa shape index (κ1) is 13.2. The normalized spacial score (nSPS) is 28.2. The summed E-state index contributed by atoms with van der Waals surface area (Å²) in [5.41, 5.74) is 0. The van der Waals surface area contributed by atoms with Crippen LogP contribution < -0.4 is 5.32 Å². The molecule has 80 valence electrons. The molecule has 4 heteroatoms. The van der Waals surface area contributed by atoms with Crippen LogP contribution in [0.2, 0.25) is 0 Å². The maximum Gasteiger partial charge on any atom is 0.0615 e. The fourth-order valence-corrected chi connectivity index (χ4v) is 1.78. The van der Waals surface area contributed by atoms with Gasteiger partial charge in [0.25, 0.3) is 0 Å². The van der Waals surface area contributed by atoms with E-state index in [1.54, 1.807) is 14.2 Å². The molecule has 0 aromatic rings. The summed E-state index contributed by atoms with van der Waals surface area (Å²) in [5, 5.41) is 3.51. The van der Waals surface area contributed by atoms with Gasteiger partial charge in [0, 0.05) is 26.3 Å². The van der Waals surface area contributed by atoms with E-state index in [0.29, 0.717) is 12.1 Å². The van der Waals surface area contributed by atoms with Crippen molar-refractivity contribution in [2.45, 2.75) is 31.3 Å². The van der Waals surface area contributed by atoms with E-state index in [1.165, 1.54) is 19.3 Å². The Labute approximate surface area is 86.6 Å². The fourth-order valence-electron chi connectivity index (χ4n) is 1.78. The molecular weight excluding hydrogens is 190 g/mol. The lowest BCUT2D eigenvalue weighted by atomic mass is 9.99. The Morgan fingerprint density at radius 1 is 1.08 bits per heavy atom. The number of ether oxygens (including phenoxy) is 2. The molecule has 1 saturated heterocycles. The van der Waals surface area contributed by atoms with Gasteiger partial charge < -0.3 is 14.8 Å². The molecule has 0 spiro atoms. The van der Waals surface area contributed by atoms with Crippen LogP contribution in [0.4, 0.5) is 0 Å². The first-order valence-corrected chi connectivity index (χ1v) is 4.60. The largest absolute Gasteiger partial charge is 0.383 e. The fraction of sp³-hybridized carbons (Fsp3) is 1.00. The van der Waals surface area contributed by atoms with E-state index < -0.39 is 0 Å². The van der Waals surface area contributed by atoms with Gasteiger partial charge in [0.15, 0.2) is 0 Å². The monoisotopic (exact) mass is 209 g/mol. The number of piperidine rings is 1. The molecule has 0 aromatic carbocycles. The van der Waals surface area contributed by atoms with Crippen LogP contribution >= 0.6 is 12.4 Å². The summed E-state index contributed by atoms with van der Waals surface area (Å²) in [7, 11) is 3.50. The molecule has 3 nitrogen and oxygen atoms in total. The number of rotatable bonds is 4. The van der Waals surface area contributed by atoms with E-state index in [1.807, 2.05) is 0 Å². The zero-order valence-corrected chi connectivity index (χ0v) is 9.23. The third-order valence-electron chi connectivity index (χ3n) is 2.31. The summed E-state index contributed by atoms with van der Waals surface area (Å²) in [5.74, 6) is 0. The molecule has 1 aliphatic heterocycles. The predicted molar refractivity (Wildman–Crippen MR) is 55.6 cm³/mol. The van der Waals surface area contributed by atoms with Crippen LogP contribution in [-0.2, 0) is 9.47 Å². The highest BCUT2D eigenvalue weighted by Crippen LogP contribution is 2.12. The number of methoxy groups -OCH3 is 2. The Kier molecular flexibility index (Phi) is 7.66. The molecule has 0 aromatic heterocycles. The van der Waals surface area contributed by atoms with Crippen LogP contribution in [0.3, 0.4) is 0 Å². The molecule has 2 atom stereocenters. The molecule has 2 unspecified atom stereocenters. The lowest BCUT2D eigenvalue weighted by Crippen LogP contribution is -2.46. The van der Waals surface area contributed by atoms with Gasteiger partial charge in [0.2, 0.25) is 0 Å². The third kappa shape index (κ3) is 4.81. The van der Waals surface area contributed by atoms with E-state index in [2.05, 4.69) is 5.32 Å². The van der Waals surface area contributed by atoms with Gasteiger partial charge in [0.05, 0.1) is 13.2 Å². The van der Waals surface area contributed by atoms with Crippen molar-refractivity contribution in [1.29, 1.82) is 0 Å². The highest BCUT2D eigenvalue weighted by Gasteiger charge is 2.19. The van der Waals surface area contributed by atoms with Gasteiger partial charge in [-0.3, -0.25) is 0 Å². The average molecular weight is 210 g/mol. The highest BCUT2D eigenvalue weighted by molar-refractivity contribution is 5.85. The highest BCUT2D eigenvalue weighted by atomic mass is 35.5. The minimum Gasteiger partial charge on any atom is -0.383 e. The summed E-state index contributed by atoms with van der Waals surface area (Å²) in [4.78, 5) is 0. The van der Waals surface area contributed by atoms with Crippen molar-refractivity contribution in [3.63, 3.8) is 0 Å². The van der Waals surface area contributed by atoms with Crippen molar-refractivity contribution in [3.05, 3.63) is 0 Å². The van der Waals surface area contributed by atoms with Crippen LogP contribution in [0.1, 0.15) is 19.3 Å². The molecule has 0 saturated carbocycles. The van der Waals surface area contributed by atoms with E-state index in [4.69, 9.17) is 9.47 Å². The summed E-state index contributed by atoms with van der Waals surface area (Å²) in [6.07, 6.45) is 3.75. The molecule has 1 heterocycles. The molecule has 1 fully saturated rings. The second-order valence-corrected chi connectivity index (χ2v) is 3.40. The maximum atomic E-state index is 5.10. The number of halogens is 1. The predicted octanol–water partition coefficient (Wildman–Crippen LogP) is 1.21. The molecule has 1 aliphatic rings. The van der Waals surface area contributed by atoms with Gasteiger partial charge in [-0.25, -0.2) is 0 Å². The smallest absolute Gasteiger partial charge is 0.0615 e. The van der Waals surface area contributed by atoms with Gasteiger partial charge in [-0.05, 0) is 12.8 Å². The summed E-state index contributed by atoms with van der Waals surface area (Å²) < 4.78 is 10.2. The first-order chi connectivity index (χ1) is 5.86. The van der Waals surface area contributed by atoms with Crippen molar-refractivity contribution in [1.82, 2.24) is 5.32 Å². The Hall–Kier alpha value is 0.170. The van der Waals surface area contributed by atoms with Crippen LogP contribution in [0.5, 0.6) is 0 Å². The van der Waals surface area contributed by atoms with Gasteiger partial charge in [0.1, 0.15) is 0 Å². The second-order valence-electron chi connectivity index (χ2n) is 3.40. The Bertz CT molecular complexity index is 108. The molecule has 13 heavy (non-hydrogen) atoms. The molecule has 1 N–H and O–H groups in total. The Morgan fingerprint density at radius 2 is 1.54 bits per heavy atom. The van der Waals surface area contributed by atoms with Gasteiger partial charge in [-0.2, -0.15) is 0 Å². The van der Waals surface area contributed by atoms with Crippen molar-refractivity contribution in [2.24, 2.45) is 0 Å². The summed E-state index contributed by atoms with van der Waals surface area (Å²) >= 11 is 0. The summed E-state index contributed by atoms with van der Waals surface area (Å²) in [6, 6.07) is 1.06. The standard InChI is InChI=1S/C9H19NO2.ClH/c1-11-6-8-4-3-5-9(10-8)7-12-2;/h8-10H,3-7H2,1-2H3;1H. The quantitative estimate of drug-likeness (QED) is 0.755. The van der Waals surface area contributed by atoms with Crippen LogP contribution in [0, 0.1) is 0 Å². The molecular formula is C9H20ClNO2. The van der Waals surface area contributed by atoms with Gasteiger partial charge in [-0.1, -0.05) is 6.42 Å². The lowest BCUT2D eigenvalue weighted by molar-refractivity contribution is 0.107. The minimum absolute atomic E-state index is 0. The number of hydrogen-bond donors (Lipinski definition) is 1. The number of nitrogens with one attached hydrogen (secondary N) is 1. The van der Waals surface area contributed by atoms with E-state index in [-0.39, 0.29) is 12.4 Å². The maximum absolute atomic E-state index is 5.10. The average Bonchev–Trinajstić information content (AvgIpc) is 2.06. The molecule has 0 amide bonds. The Balaban J connectivity index is 0.00000144. The van der Waals surface area contributed by atoms with Gasteiger partial charge >= 0.3 is 0 Å². The van der Waals surface area contributed by atoms with Crippen molar-refractivity contribution >= 4 is 12.4 Å². The van der Waals surface area contributed by atoms with Crippen LogP contribution in [0.25, 0.3) is 0 Å². The van der Waals surface area contributed by atoms with Crippen molar-refractivity contribution < 1.29 is 9.47 Å². The molecule has 0 aliphatic carbocycles. The van der Waals surface area contributed by atoms with E-state index in [0.717, 1.165) is 13.2 Å². The zero-order valence-electron chi connectivity index (χ0n) is 8.41. The Morgan fingerprint density at radius 3 is 1.92 bits per heavy atom. The third-order valence-corrected chi connectivity index (χ3v) is 2.31. The van der Waals surface area contributed by atoms with Gasteiger partial charge in [-0.15, -0.1) is 12.4 Å². The van der Waals surface area contributed by atoms with Crippen molar-refractivity contribution in [2.75, 3.05) is 27.4 Å². The SMILES string of the molecule is COCC1CCCC(COC)N1.Cl. The summed E-state index contributed by atoms with van der Waals surface area (Å²) in [6.45, 7) is 1.64. The van der Waals surface area contributed by atoms with E-state index in [9.17, 15) is 0 Å². The lowest BCUT2D eigenvalue weighted by Gasteiger charge is -2.30. The van der Waals surface area contributed by atoms with Crippen molar-refractivity contribution in [3.8, 4) is 0 Å². The molecule has 0 bridgehead atoms. The topological polar surface area (TPSA) is 30.5 Å². The van der Waals surface area contributed by atoms with E-state index >= 15 is 0 Å². The molecule has 0 radical (unpaired) electrons. The van der Waals surface area contributed by atoms with Crippen LogP contribution in [0.15, 0.2) is 0 Å².